The molecule has 94 valence electrons. The summed E-state index contributed by atoms with van der Waals surface area (Å²) in [5, 5.41) is 5.59. The van der Waals surface area contributed by atoms with Crippen LogP contribution < -0.4 is 11.1 Å². The maximum Gasteiger partial charge on any atom is 0.314 e. The van der Waals surface area contributed by atoms with Crippen molar-refractivity contribution in [1.82, 2.24) is 15.2 Å². The van der Waals surface area contributed by atoms with E-state index in [0.717, 1.165) is 44.6 Å². The minimum Gasteiger partial charge on any atom is -0.351 e. The molecule has 0 aliphatic carbocycles. The van der Waals surface area contributed by atoms with E-state index in [2.05, 4.69) is 15.7 Å². The first-order valence-corrected chi connectivity index (χ1v) is 6.85. The molecule has 1 fully saturated rings. The van der Waals surface area contributed by atoms with Gasteiger partial charge >= 0.3 is 6.03 Å². The molecule has 3 N–H and O–H groups in total. The smallest absolute Gasteiger partial charge is 0.314 e. The average molecular weight is 254 g/mol. The summed E-state index contributed by atoms with van der Waals surface area (Å²) in [6, 6.07) is 0.204. The van der Waals surface area contributed by atoms with Crippen molar-refractivity contribution in [2.24, 2.45) is 5.73 Å². The quantitative estimate of drug-likeness (QED) is 0.835. The summed E-state index contributed by atoms with van der Waals surface area (Å²) in [6.07, 6.45) is 2.94. The number of nitrogens with one attached hydrogen (secondary N) is 1. The highest BCUT2D eigenvalue weighted by atomic mass is 32.1. The van der Waals surface area contributed by atoms with Gasteiger partial charge in [0.15, 0.2) is 0 Å². The third-order valence-corrected chi connectivity index (χ3v) is 3.74. The monoisotopic (exact) mass is 254 g/mol. The first kappa shape index (κ1) is 12.3. The van der Waals surface area contributed by atoms with E-state index in [1.54, 1.807) is 16.2 Å². The molecule has 1 aliphatic heterocycles. The topological polar surface area (TPSA) is 71.2 Å². The van der Waals surface area contributed by atoms with Crippen LogP contribution in [0.15, 0.2) is 10.9 Å². The van der Waals surface area contributed by atoms with Crippen molar-refractivity contribution in [1.29, 1.82) is 0 Å². The summed E-state index contributed by atoms with van der Waals surface area (Å²) in [4.78, 5) is 16.9. The fraction of sp³-hybridized carbons (Fsp3) is 0.636. The van der Waals surface area contributed by atoms with Gasteiger partial charge in [-0.05, 0) is 12.8 Å². The molecule has 0 radical (unpaired) electrons. The number of amides is 2. The van der Waals surface area contributed by atoms with E-state index in [-0.39, 0.29) is 6.03 Å². The summed E-state index contributed by atoms with van der Waals surface area (Å²) in [6.45, 7) is 2.48. The van der Waals surface area contributed by atoms with Gasteiger partial charge in [-0.3, -0.25) is 0 Å². The van der Waals surface area contributed by atoms with Crippen LogP contribution >= 0.6 is 11.3 Å². The Bertz CT molecular complexity index is 346. The van der Waals surface area contributed by atoms with Crippen LogP contribution in [-0.4, -0.2) is 41.6 Å². The number of nitrogens with zero attached hydrogens (tertiary/aromatic N) is 2. The Kier molecular flexibility index (Phi) is 4.33. The molecule has 1 aliphatic rings. The second-order valence-electron chi connectivity index (χ2n) is 4.28. The van der Waals surface area contributed by atoms with Crippen molar-refractivity contribution in [3.8, 4) is 0 Å². The highest BCUT2D eigenvalue weighted by Gasteiger charge is 2.20. The van der Waals surface area contributed by atoms with Crippen molar-refractivity contribution in [2.45, 2.75) is 25.3 Å². The Morgan fingerprint density at radius 3 is 2.94 bits per heavy atom. The number of rotatable bonds is 4. The average Bonchev–Trinajstić information content (AvgIpc) is 2.83. The number of primary amides is 1. The van der Waals surface area contributed by atoms with E-state index in [1.165, 1.54) is 0 Å². The summed E-state index contributed by atoms with van der Waals surface area (Å²) in [5.41, 5.74) is 8.25. The molecule has 0 unspecified atom stereocenters. The summed E-state index contributed by atoms with van der Waals surface area (Å²) >= 11 is 1.63. The fourth-order valence-corrected chi connectivity index (χ4v) is 2.66. The summed E-state index contributed by atoms with van der Waals surface area (Å²) < 4.78 is 0. The van der Waals surface area contributed by atoms with Gasteiger partial charge in [0, 0.05) is 37.5 Å². The zero-order valence-electron chi connectivity index (χ0n) is 9.76. The molecular formula is C11H18N4OS. The van der Waals surface area contributed by atoms with Crippen molar-refractivity contribution in [3.05, 3.63) is 16.6 Å². The molecule has 0 aromatic carbocycles. The number of likely N-dealkylation sites (tertiary alicyclic amines) is 1. The van der Waals surface area contributed by atoms with Crippen LogP contribution in [0.2, 0.25) is 0 Å². The van der Waals surface area contributed by atoms with Crippen LogP contribution in [-0.2, 0) is 6.42 Å². The molecule has 0 saturated carbocycles. The lowest BCUT2D eigenvalue weighted by molar-refractivity contribution is 0.185. The lowest BCUT2D eigenvalue weighted by Gasteiger charge is -2.31. The number of carbonyl (C=O) groups excluding carboxylic acids is 1. The molecule has 2 rings (SSSR count). The molecular weight excluding hydrogens is 236 g/mol. The molecule has 6 heteroatoms. The van der Waals surface area contributed by atoms with Crippen LogP contribution in [0, 0.1) is 0 Å². The van der Waals surface area contributed by atoms with E-state index in [4.69, 9.17) is 5.73 Å². The second kappa shape index (κ2) is 5.97. The SMILES string of the molecule is NC(=O)N1CCC(NCCc2cscn2)CC1. The molecule has 2 heterocycles. The van der Waals surface area contributed by atoms with Gasteiger partial charge in [-0.1, -0.05) is 0 Å². The van der Waals surface area contributed by atoms with Gasteiger partial charge in [0.25, 0.3) is 0 Å². The number of hydrogen-bond acceptors (Lipinski definition) is 4. The normalized spacial score (nSPS) is 17.3. The molecule has 1 aromatic rings. The maximum absolute atomic E-state index is 11.0. The Morgan fingerprint density at radius 1 is 1.59 bits per heavy atom. The third-order valence-electron chi connectivity index (χ3n) is 3.10. The predicted molar refractivity (Wildman–Crippen MR) is 68.0 cm³/mol. The first-order valence-electron chi connectivity index (χ1n) is 5.90. The van der Waals surface area contributed by atoms with Gasteiger partial charge in [-0.2, -0.15) is 0 Å². The largest absolute Gasteiger partial charge is 0.351 e. The summed E-state index contributed by atoms with van der Waals surface area (Å²) in [5.74, 6) is 0. The molecule has 1 aromatic heterocycles. The molecule has 0 atom stereocenters. The van der Waals surface area contributed by atoms with Gasteiger partial charge < -0.3 is 16.0 Å². The Hall–Kier alpha value is -1.14. The fourth-order valence-electron chi connectivity index (χ4n) is 2.07. The Labute approximate surface area is 105 Å². The van der Waals surface area contributed by atoms with Crippen LogP contribution in [0.3, 0.4) is 0 Å². The van der Waals surface area contributed by atoms with Crippen LogP contribution in [0.4, 0.5) is 4.79 Å². The molecule has 0 bridgehead atoms. The van der Waals surface area contributed by atoms with Gasteiger partial charge in [-0.25, -0.2) is 9.78 Å². The van der Waals surface area contributed by atoms with Gasteiger partial charge in [0.05, 0.1) is 11.2 Å². The van der Waals surface area contributed by atoms with Gasteiger partial charge in [0.2, 0.25) is 0 Å². The Morgan fingerprint density at radius 2 is 2.35 bits per heavy atom. The van der Waals surface area contributed by atoms with E-state index in [1.807, 2.05) is 5.51 Å². The molecule has 5 nitrogen and oxygen atoms in total. The van der Waals surface area contributed by atoms with Crippen molar-refractivity contribution < 1.29 is 4.79 Å². The molecule has 17 heavy (non-hydrogen) atoms. The number of piperidine rings is 1. The molecule has 2 amide bonds. The third kappa shape index (κ3) is 3.67. The number of carbonyl (C=O) groups is 1. The number of aromatic nitrogens is 1. The van der Waals surface area contributed by atoms with E-state index < -0.39 is 0 Å². The van der Waals surface area contributed by atoms with Crippen molar-refractivity contribution >= 4 is 17.4 Å². The minimum absolute atomic E-state index is 0.300. The van der Waals surface area contributed by atoms with Crippen LogP contribution in [0.25, 0.3) is 0 Å². The van der Waals surface area contributed by atoms with Crippen molar-refractivity contribution in [2.75, 3.05) is 19.6 Å². The highest BCUT2D eigenvalue weighted by molar-refractivity contribution is 7.07. The standard InChI is InChI=1S/C11H18N4OS/c12-11(16)15-5-2-9(3-6-15)13-4-1-10-7-17-8-14-10/h7-9,13H,1-6H2,(H2,12,16). The zero-order valence-corrected chi connectivity index (χ0v) is 10.6. The van der Waals surface area contributed by atoms with Crippen molar-refractivity contribution in [3.63, 3.8) is 0 Å². The Balaban J connectivity index is 1.63. The van der Waals surface area contributed by atoms with Gasteiger partial charge in [0.1, 0.15) is 0 Å². The number of thiazole rings is 1. The van der Waals surface area contributed by atoms with Gasteiger partial charge in [-0.15, -0.1) is 11.3 Å². The first-order chi connectivity index (χ1) is 8.25. The second-order valence-corrected chi connectivity index (χ2v) is 5.00. The maximum atomic E-state index is 11.0. The van der Waals surface area contributed by atoms with Crippen LogP contribution in [0.1, 0.15) is 18.5 Å². The molecule has 1 saturated heterocycles. The van der Waals surface area contributed by atoms with E-state index >= 15 is 0 Å². The zero-order chi connectivity index (χ0) is 12.1. The lowest BCUT2D eigenvalue weighted by Crippen LogP contribution is -2.47. The highest BCUT2D eigenvalue weighted by Crippen LogP contribution is 2.10. The number of nitrogens with two attached hydrogens (primary N) is 1. The van der Waals surface area contributed by atoms with Crippen LogP contribution in [0.5, 0.6) is 0 Å². The minimum atomic E-state index is -0.300. The predicted octanol–water partition coefficient (Wildman–Crippen LogP) is 0.818. The molecule has 0 spiro atoms. The van der Waals surface area contributed by atoms with E-state index in [9.17, 15) is 4.79 Å². The summed E-state index contributed by atoms with van der Waals surface area (Å²) in [7, 11) is 0. The van der Waals surface area contributed by atoms with E-state index in [0.29, 0.717) is 6.04 Å². The lowest BCUT2D eigenvalue weighted by atomic mass is 10.1. The number of hydrogen-bond donors (Lipinski definition) is 2. The number of urea groups is 1.